The Balaban J connectivity index is 1.35. The van der Waals surface area contributed by atoms with Crippen molar-refractivity contribution in [3.05, 3.63) is 48.9 Å². The summed E-state index contributed by atoms with van der Waals surface area (Å²) in [5, 5.41) is 0. The Hall–Kier alpha value is -2.56. The molecule has 0 spiro atoms. The van der Waals surface area contributed by atoms with Gasteiger partial charge in [0.1, 0.15) is 0 Å². The van der Waals surface area contributed by atoms with Crippen LogP contribution in [0.15, 0.2) is 47.7 Å². The van der Waals surface area contributed by atoms with Crippen LogP contribution in [0, 0.1) is 11.8 Å². The lowest BCUT2D eigenvalue weighted by molar-refractivity contribution is -0.144. The van der Waals surface area contributed by atoms with E-state index in [-0.39, 0.29) is 5.92 Å². The second kappa shape index (κ2) is 5.48. The zero-order chi connectivity index (χ0) is 17.0. The number of hydrogen-bond donors (Lipinski definition) is 0. The van der Waals surface area contributed by atoms with Gasteiger partial charge in [0.05, 0.1) is 30.1 Å². The quantitative estimate of drug-likeness (QED) is 0.735. The molecule has 3 aromatic heterocycles. The van der Waals surface area contributed by atoms with Gasteiger partial charge in [-0.3, -0.25) is 4.79 Å². The van der Waals surface area contributed by atoms with Gasteiger partial charge in [0, 0.05) is 36.7 Å². The van der Waals surface area contributed by atoms with E-state index >= 15 is 0 Å². The van der Waals surface area contributed by atoms with E-state index in [0.29, 0.717) is 17.7 Å². The molecule has 0 radical (unpaired) electrons. The molecule has 1 aliphatic carbocycles. The van der Waals surface area contributed by atoms with Gasteiger partial charge in [-0.1, -0.05) is 6.92 Å². The van der Waals surface area contributed by atoms with Crippen LogP contribution in [0.4, 0.5) is 0 Å². The van der Waals surface area contributed by atoms with Gasteiger partial charge in [0.2, 0.25) is 5.91 Å². The van der Waals surface area contributed by atoms with Gasteiger partial charge in [-0.15, -0.1) is 0 Å². The van der Waals surface area contributed by atoms with Crippen molar-refractivity contribution < 1.29 is 9.21 Å². The largest absolute Gasteiger partial charge is 0.472 e. The van der Waals surface area contributed by atoms with Crippen LogP contribution >= 0.6 is 0 Å². The molecule has 3 aromatic rings. The molecule has 1 saturated carbocycles. The zero-order valence-electron chi connectivity index (χ0n) is 14.3. The molecule has 128 valence electrons. The Morgan fingerprint density at radius 3 is 2.80 bits per heavy atom. The molecule has 0 atom stereocenters. The lowest BCUT2D eigenvalue weighted by Crippen LogP contribution is -2.52. The maximum Gasteiger partial charge on any atom is 0.225 e. The van der Waals surface area contributed by atoms with Crippen molar-refractivity contribution >= 4 is 11.4 Å². The van der Waals surface area contributed by atoms with E-state index in [1.165, 1.54) is 0 Å². The first-order valence-corrected chi connectivity index (χ1v) is 8.97. The summed E-state index contributed by atoms with van der Waals surface area (Å²) in [5.74, 6) is 1.66. The molecular formula is C20H21N3O2. The molecule has 25 heavy (non-hydrogen) atoms. The maximum absolute atomic E-state index is 12.4. The van der Waals surface area contributed by atoms with Crippen molar-refractivity contribution in [2.45, 2.75) is 25.7 Å². The molecule has 5 rings (SSSR count). The lowest BCUT2D eigenvalue weighted by atomic mass is 9.74. The van der Waals surface area contributed by atoms with Crippen LogP contribution in [0.5, 0.6) is 0 Å². The van der Waals surface area contributed by atoms with Crippen LogP contribution in [0.3, 0.4) is 0 Å². The van der Waals surface area contributed by atoms with E-state index < -0.39 is 0 Å². The molecule has 4 heterocycles. The number of furan rings is 1. The molecule has 1 aliphatic heterocycles. The number of likely N-dealkylation sites (tertiary alicyclic amines) is 1. The van der Waals surface area contributed by atoms with Crippen molar-refractivity contribution in [2.24, 2.45) is 11.8 Å². The summed E-state index contributed by atoms with van der Waals surface area (Å²) in [5.41, 5.74) is 4.40. The monoisotopic (exact) mass is 335 g/mol. The summed E-state index contributed by atoms with van der Waals surface area (Å²) in [7, 11) is 0. The standard InChI is InChI=1S/C20H21N3O2/c1-13-6-16(7-13)20(24)23-9-17(10-23)19-18-8-14(15-3-5-25-11-15)2-4-22(18)12-21-19/h2-5,8,11-13,16-17H,6-7,9-10H2,1H3. The van der Waals surface area contributed by atoms with E-state index in [0.717, 1.165) is 48.3 Å². The summed E-state index contributed by atoms with van der Waals surface area (Å²) in [6.07, 6.45) is 9.45. The third kappa shape index (κ3) is 2.37. The highest BCUT2D eigenvalue weighted by Crippen LogP contribution is 2.38. The van der Waals surface area contributed by atoms with Gasteiger partial charge in [-0.2, -0.15) is 0 Å². The number of nitrogens with zero attached hydrogens (tertiary/aromatic N) is 3. The average molecular weight is 335 g/mol. The summed E-state index contributed by atoms with van der Waals surface area (Å²) < 4.78 is 7.24. The fourth-order valence-corrected chi connectivity index (χ4v) is 4.12. The second-order valence-corrected chi connectivity index (χ2v) is 7.56. The van der Waals surface area contributed by atoms with Gasteiger partial charge in [-0.05, 0) is 42.5 Å². The van der Waals surface area contributed by atoms with Gasteiger partial charge >= 0.3 is 0 Å². The molecule has 2 aliphatic rings. The van der Waals surface area contributed by atoms with Crippen LogP contribution < -0.4 is 0 Å². The topological polar surface area (TPSA) is 50.8 Å². The second-order valence-electron chi connectivity index (χ2n) is 7.56. The van der Waals surface area contributed by atoms with Crippen molar-refractivity contribution in [3.63, 3.8) is 0 Å². The Labute approximate surface area is 146 Å². The van der Waals surface area contributed by atoms with Crippen LogP contribution in [0.25, 0.3) is 16.6 Å². The lowest BCUT2D eigenvalue weighted by Gasteiger charge is -2.43. The molecule has 0 N–H and O–H groups in total. The van der Waals surface area contributed by atoms with Crippen LogP contribution in [-0.4, -0.2) is 33.3 Å². The molecule has 5 heteroatoms. The Kier molecular flexibility index (Phi) is 3.23. The van der Waals surface area contributed by atoms with E-state index in [1.807, 2.05) is 23.5 Å². The number of rotatable bonds is 3. The summed E-state index contributed by atoms with van der Waals surface area (Å²) >= 11 is 0. The summed E-state index contributed by atoms with van der Waals surface area (Å²) in [4.78, 5) is 19.1. The minimum atomic E-state index is 0.266. The Bertz CT molecular complexity index is 916. The number of hydrogen-bond acceptors (Lipinski definition) is 3. The van der Waals surface area contributed by atoms with E-state index in [1.54, 1.807) is 12.5 Å². The molecular weight excluding hydrogens is 314 g/mol. The zero-order valence-corrected chi connectivity index (χ0v) is 14.3. The fourth-order valence-electron chi connectivity index (χ4n) is 4.12. The minimum absolute atomic E-state index is 0.266. The first-order chi connectivity index (χ1) is 12.2. The predicted octanol–water partition coefficient (Wildman–Crippen LogP) is 3.57. The fraction of sp³-hybridized carbons (Fsp3) is 0.400. The number of imidazole rings is 1. The highest BCUT2D eigenvalue weighted by atomic mass is 16.3. The number of amides is 1. The van der Waals surface area contributed by atoms with Crippen molar-refractivity contribution in [1.82, 2.24) is 14.3 Å². The van der Waals surface area contributed by atoms with Crippen LogP contribution in [-0.2, 0) is 4.79 Å². The maximum atomic E-state index is 12.4. The van der Waals surface area contributed by atoms with E-state index in [2.05, 4.69) is 28.4 Å². The molecule has 2 fully saturated rings. The highest BCUT2D eigenvalue weighted by molar-refractivity contribution is 5.81. The third-order valence-corrected chi connectivity index (χ3v) is 5.73. The van der Waals surface area contributed by atoms with E-state index in [9.17, 15) is 4.79 Å². The average Bonchev–Trinajstić information content (AvgIpc) is 3.20. The first-order valence-electron chi connectivity index (χ1n) is 8.97. The molecule has 0 unspecified atom stereocenters. The molecule has 0 bridgehead atoms. The summed E-state index contributed by atoms with van der Waals surface area (Å²) in [6, 6.07) is 6.19. The molecule has 5 nitrogen and oxygen atoms in total. The SMILES string of the molecule is CC1CC(C(=O)N2CC(c3ncn4ccc(-c5ccoc5)cc34)C2)C1. The smallest absolute Gasteiger partial charge is 0.225 e. The number of aromatic nitrogens is 2. The number of pyridine rings is 1. The Morgan fingerprint density at radius 1 is 1.24 bits per heavy atom. The Morgan fingerprint density at radius 2 is 2.08 bits per heavy atom. The van der Waals surface area contributed by atoms with Gasteiger partial charge in [-0.25, -0.2) is 4.98 Å². The van der Waals surface area contributed by atoms with Crippen molar-refractivity contribution in [3.8, 4) is 11.1 Å². The normalized spacial score (nSPS) is 23.5. The highest BCUT2D eigenvalue weighted by Gasteiger charge is 2.40. The number of carbonyl (C=O) groups is 1. The van der Waals surface area contributed by atoms with Crippen LogP contribution in [0.2, 0.25) is 0 Å². The van der Waals surface area contributed by atoms with Gasteiger partial charge in [0.25, 0.3) is 0 Å². The van der Waals surface area contributed by atoms with Crippen molar-refractivity contribution in [2.75, 3.05) is 13.1 Å². The van der Waals surface area contributed by atoms with Crippen molar-refractivity contribution in [1.29, 1.82) is 0 Å². The number of carbonyl (C=O) groups excluding carboxylic acids is 1. The van der Waals surface area contributed by atoms with Gasteiger partial charge < -0.3 is 13.7 Å². The minimum Gasteiger partial charge on any atom is -0.472 e. The van der Waals surface area contributed by atoms with E-state index in [4.69, 9.17) is 4.42 Å². The third-order valence-electron chi connectivity index (χ3n) is 5.73. The molecule has 1 saturated heterocycles. The molecule has 1 amide bonds. The number of fused-ring (bicyclic) bond motifs is 1. The van der Waals surface area contributed by atoms with Crippen LogP contribution in [0.1, 0.15) is 31.4 Å². The molecule has 0 aromatic carbocycles. The predicted molar refractivity (Wildman–Crippen MR) is 94.1 cm³/mol. The summed E-state index contributed by atoms with van der Waals surface area (Å²) in [6.45, 7) is 3.82. The van der Waals surface area contributed by atoms with Gasteiger partial charge in [0.15, 0.2) is 0 Å². The first kappa shape index (κ1) is 14.8.